The van der Waals surface area contributed by atoms with Crippen molar-refractivity contribution >= 4 is 17.7 Å². The van der Waals surface area contributed by atoms with Gasteiger partial charge in [-0.15, -0.1) is 11.8 Å². The molecule has 0 aliphatic carbocycles. The molecule has 2 aliphatic heterocycles. The largest absolute Gasteiger partial charge is 0.489 e. The molecule has 1 N–H and O–H groups in total. The number of thioether (sulfide) groups is 1. The van der Waals surface area contributed by atoms with Gasteiger partial charge in [0.15, 0.2) is 0 Å². The first-order valence-corrected chi connectivity index (χ1v) is 9.16. The van der Waals surface area contributed by atoms with E-state index in [1.807, 2.05) is 59.5 Å². The lowest BCUT2D eigenvalue weighted by Crippen LogP contribution is -2.58. The molecule has 4 nitrogen and oxygen atoms in total. The molecule has 0 radical (unpaired) electrons. The van der Waals surface area contributed by atoms with Crippen LogP contribution in [0.5, 0.6) is 5.75 Å². The number of β-lactam (4-membered cyclic amide) rings is 1. The second kappa shape index (κ2) is 6.49. The number of fused-ring (bicyclic) bond motifs is 1. The number of carbonyl (C=O) groups excluding carboxylic acids is 1. The van der Waals surface area contributed by atoms with Crippen molar-refractivity contribution in [3.8, 4) is 5.75 Å². The smallest absolute Gasteiger partial charge is 0.232 e. The van der Waals surface area contributed by atoms with Crippen LogP contribution < -0.4 is 4.74 Å². The first-order valence-electron chi connectivity index (χ1n) is 8.11. The van der Waals surface area contributed by atoms with Gasteiger partial charge < -0.3 is 14.7 Å². The third-order valence-corrected chi connectivity index (χ3v) is 5.92. The Labute approximate surface area is 145 Å². The van der Waals surface area contributed by atoms with Crippen molar-refractivity contribution in [2.24, 2.45) is 5.92 Å². The molecule has 2 aromatic rings. The van der Waals surface area contributed by atoms with E-state index >= 15 is 0 Å². The highest BCUT2D eigenvalue weighted by molar-refractivity contribution is 8.00. The maximum atomic E-state index is 12.1. The average Bonchev–Trinajstić information content (AvgIpc) is 3.05. The van der Waals surface area contributed by atoms with E-state index in [0.717, 1.165) is 29.2 Å². The number of hydrogen-bond acceptors (Lipinski definition) is 4. The van der Waals surface area contributed by atoms with Crippen molar-refractivity contribution in [3.63, 3.8) is 0 Å². The van der Waals surface area contributed by atoms with Gasteiger partial charge in [-0.3, -0.25) is 4.79 Å². The normalized spacial score (nSPS) is 23.5. The number of aliphatic hydroxyl groups is 1. The van der Waals surface area contributed by atoms with Crippen LogP contribution in [0.3, 0.4) is 0 Å². The van der Waals surface area contributed by atoms with Crippen LogP contribution in [0.25, 0.3) is 0 Å². The molecule has 3 atom stereocenters. The first-order chi connectivity index (χ1) is 11.7. The number of amides is 1. The van der Waals surface area contributed by atoms with Crippen molar-refractivity contribution in [1.82, 2.24) is 4.90 Å². The highest BCUT2D eigenvalue weighted by Crippen LogP contribution is 2.45. The molecule has 2 aromatic carbocycles. The Bertz CT molecular complexity index is 719. The summed E-state index contributed by atoms with van der Waals surface area (Å²) >= 11 is 1.76. The number of carbonyl (C=O) groups is 1. The molecule has 5 heteroatoms. The molecule has 0 aromatic heterocycles. The van der Waals surface area contributed by atoms with E-state index in [4.69, 9.17) is 4.74 Å². The van der Waals surface area contributed by atoms with Gasteiger partial charge in [0, 0.05) is 12.3 Å². The van der Waals surface area contributed by atoms with Gasteiger partial charge in [0.2, 0.25) is 5.91 Å². The summed E-state index contributed by atoms with van der Waals surface area (Å²) in [6.07, 6.45) is -0.743. The molecule has 2 saturated heterocycles. The quantitative estimate of drug-likeness (QED) is 0.850. The van der Waals surface area contributed by atoms with Gasteiger partial charge in [0.25, 0.3) is 0 Å². The molecule has 0 bridgehead atoms. The number of benzene rings is 2. The van der Waals surface area contributed by atoms with Gasteiger partial charge in [0.05, 0.1) is 17.4 Å². The van der Waals surface area contributed by atoms with E-state index in [1.165, 1.54) is 0 Å². The van der Waals surface area contributed by atoms with Crippen molar-refractivity contribution in [2.45, 2.75) is 18.1 Å². The Morgan fingerprint density at radius 1 is 1.17 bits per heavy atom. The van der Waals surface area contributed by atoms with Gasteiger partial charge >= 0.3 is 0 Å². The second-order valence-electron chi connectivity index (χ2n) is 6.11. The lowest BCUT2D eigenvalue weighted by atomic mass is 9.88. The van der Waals surface area contributed by atoms with E-state index in [9.17, 15) is 9.90 Å². The minimum absolute atomic E-state index is 0.0712. The van der Waals surface area contributed by atoms with Crippen molar-refractivity contribution in [3.05, 3.63) is 65.7 Å². The second-order valence-corrected chi connectivity index (χ2v) is 7.33. The number of rotatable bonds is 5. The van der Waals surface area contributed by atoms with Crippen LogP contribution in [0.2, 0.25) is 0 Å². The maximum absolute atomic E-state index is 12.1. The van der Waals surface area contributed by atoms with Crippen molar-refractivity contribution in [2.75, 3.05) is 12.3 Å². The summed E-state index contributed by atoms with van der Waals surface area (Å²) in [4.78, 5) is 14.0. The molecule has 24 heavy (non-hydrogen) atoms. The van der Waals surface area contributed by atoms with Crippen LogP contribution in [0.4, 0.5) is 0 Å². The molecule has 0 saturated carbocycles. The number of ether oxygens (including phenoxy) is 1. The van der Waals surface area contributed by atoms with Crippen LogP contribution in [0.1, 0.15) is 17.2 Å². The zero-order valence-corrected chi connectivity index (χ0v) is 14.0. The van der Waals surface area contributed by atoms with E-state index in [2.05, 4.69) is 0 Å². The van der Waals surface area contributed by atoms with Crippen LogP contribution in [0.15, 0.2) is 54.6 Å². The molecule has 4 rings (SSSR count). The van der Waals surface area contributed by atoms with Crippen LogP contribution in [-0.2, 0) is 11.4 Å². The standard InChI is InChI=1S/C19H19NO3S/c21-17(16-18(22)20-10-11-24-19(16)20)14-6-8-15(9-7-14)23-12-13-4-2-1-3-5-13/h1-9,16-17,19,21H,10-12H2/t16-,17?,19-/m1/s1. The predicted octanol–water partition coefficient (Wildman–Crippen LogP) is 2.83. The summed E-state index contributed by atoms with van der Waals surface area (Å²) < 4.78 is 5.76. The predicted molar refractivity (Wildman–Crippen MR) is 93.6 cm³/mol. The highest BCUT2D eigenvalue weighted by atomic mass is 32.2. The molecule has 1 unspecified atom stereocenters. The number of aliphatic hydroxyl groups excluding tert-OH is 1. The van der Waals surface area contributed by atoms with Crippen molar-refractivity contribution < 1.29 is 14.6 Å². The third-order valence-electron chi connectivity index (χ3n) is 4.61. The van der Waals surface area contributed by atoms with Crippen molar-refractivity contribution in [1.29, 1.82) is 0 Å². The molecule has 2 heterocycles. The summed E-state index contributed by atoms with van der Waals surface area (Å²) in [6, 6.07) is 17.4. The monoisotopic (exact) mass is 341 g/mol. The summed E-state index contributed by atoms with van der Waals surface area (Å²) in [5, 5.41) is 10.7. The Balaban J connectivity index is 1.39. The highest BCUT2D eigenvalue weighted by Gasteiger charge is 2.53. The van der Waals surface area contributed by atoms with Gasteiger partial charge in [-0.25, -0.2) is 0 Å². The molecule has 2 fully saturated rings. The summed E-state index contributed by atoms with van der Waals surface area (Å²) in [6.45, 7) is 1.32. The van der Waals surface area contributed by atoms with Crippen LogP contribution in [0, 0.1) is 5.92 Å². The molecular formula is C19H19NO3S. The fourth-order valence-corrected chi connectivity index (χ4v) is 4.66. The minimum Gasteiger partial charge on any atom is -0.489 e. The van der Waals surface area contributed by atoms with Gasteiger partial charge in [0.1, 0.15) is 12.4 Å². The average molecular weight is 341 g/mol. The van der Waals surface area contributed by atoms with Gasteiger partial charge in [-0.2, -0.15) is 0 Å². The minimum atomic E-state index is -0.743. The Morgan fingerprint density at radius 2 is 1.92 bits per heavy atom. The summed E-state index contributed by atoms with van der Waals surface area (Å²) in [7, 11) is 0. The van der Waals surface area contributed by atoms with Crippen LogP contribution >= 0.6 is 11.8 Å². The summed E-state index contributed by atoms with van der Waals surface area (Å²) in [5.74, 6) is 1.48. The fraction of sp³-hybridized carbons (Fsp3) is 0.316. The SMILES string of the molecule is O=C1[C@@H](C(O)c2ccc(OCc3ccccc3)cc2)[C@H]2SCCN12. The lowest BCUT2D eigenvalue weighted by Gasteiger charge is -2.44. The van der Waals surface area contributed by atoms with E-state index < -0.39 is 6.10 Å². The third kappa shape index (κ3) is 2.78. The summed E-state index contributed by atoms with van der Waals surface area (Å²) in [5.41, 5.74) is 1.88. The van der Waals surface area contributed by atoms with Gasteiger partial charge in [-0.1, -0.05) is 42.5 Å². The fourth-order valence-electron chi connectivity index (χ4n) is 3.25. The topological polar surface area (TPSA) is 49.8 Å². The Hall–Kier alpha value is -1.98. The Morgan fingerprint density at radius 3 is 2.67 bits per heavy atom. The first kappa shape index (κ1) is 15.5. The number of nitrogens with zero attached hydrogens (tertiary/aromatic N) is 1. The van der Waals surface area contributed by atoms with Crippen LogP contribution in [-0.4, -0.2) is 33.6 Å². The molecule has 2 aliphatic rings. The van der Waals surface area contributed by atoms with E-state index in [-0.39, 0.29) is 17.2 Å². The zero-order chi connectivity index (χ0) is 16.5. The van der Waals surface area contributed by atoms with Gasteiger partial charge in [-0.05, 0) is 23.3 Å². The zero-order valence-electron chi connectivity index (χ0n) is 13.2. The molecule has 0 spiro atoms. The van der Waals surface area contributed by atoms with E-state index in [0.29, 0.717) is 6.61 Å². The number of hydrogen-bond donors (Lipinski definition) is 1. The Kier molecular flexibility index (Phi) is 4.21. The van der Waals surface area contributed by atoms with E-state index in [1.54, 1.807) is 11.8 Å². The molecule has 124 valence electrons. The lowest BCUT2D eigenvalue weighted by molar-refractivity contribution is -0.156. The maximum Gasteiger partial charge on any atom is 0.232 e. The molecule has 1 amide bonds. The molecular weight excluding hydrogens is 322 g/mol.